The number of piperidine rings is 1. The molecule has 2 rings (SSSR count). The van der Waals surface area contributed by atoms with E-state index < -0.39 is 11.4 Å². The molecule has 0 aromatic heterocycles. The number of nitrogens with zero attached hydrogens (tertiary/aromatic N) is 2. The fourth-order valence-electron chi connectivity index (χ4n) is 3.04. The summed E-state index contributed by atoms with van der Waals surface area (Å²) in [5.41, 5.74) is -0.644. The zero-order valence-corrected chi connectivity index (χ0v) is 12.3. The van der Waals surface area contributed by atoms with Crippen molar-refractivity contribution in [3.63, 3.8) is 0 Å². The quantitative estimate of drug-likeness (QED) is 0.832. The van der Waals surface area contributed by atoms with Crippen LogP contribution >= 0.6 is 0 Å². The van der Waals surface area contributed by atoms with Crippen LogP contribution in [0.2, 0.25) is 0 Å². The number of rotatable bonds is 2. The van der Waals surface area contributed by atoms with Crippen LogP contribution in [0.5, 0.6) is 0 Å². The first kappa shape index (κ1) is 15.1. The summed E-state index contributed by atoms with van der Waals surface area (Å²) in [5, 5.41) is 9.37. The number of hydrogen-bond donors (Lipinski definition) is 1. The Hall–Kier alpha value is -1.30. The molecule has 114 valence electrons. The van der Waals surface area contributed by atoms with Crippen molar-refractivity contribution >= 4 is 12.0 Å². The smallest absolute Gasteiger partial charge is 0.320 e. The van der Waals surface area contributed by atoms with Crippen LogP contribution in [0.25, 0.3) is 0 Å². The molecule has 2 fully saturated rings. The van der Waals surface area contributed by atoms with Gasteiger partial charge in [0.25, 0.3) is 0 Å². The van der Waals surface area contributed by atoms with Crippen LogP contribution in [0, 0.1) is 5.41 Å². The molecule has 0 spiro atoms. The third kappa shape index (κ3) is 2.90. The standard InChI is InChI=1S/C14H24N2O4/c1-3-14(12(17)18)4-6-15(7-5-14)13(19)16-8-9-20-11(2)10-16/h11H,3-10H2,1-2H3,(H,17,18). The van der Waals surface area contributed by atoms with Gasteiger partial charge in [-0.25, -0.2) is 4.79 Å². The van der Waals surface area contributed by atoms with Crippen molar-refractivity contribution in [2.24, 2.45) is 5.41 Å². The highest BCUT2D eigenvalue weighted by molar-refractivity contribution is 5.77. The van der Waals surface area contributed by atoms with Crippen molar-refractivity contribution in [2.45, 2.75) is 39.2 Å². The van der Waals surface area contributed by atoms with E-state index >= 15 is 0 Å². The van der Waals surface area contributed by atoms with Crippen LogP contribution in [0.3, 0.4) is 0 Å². The molecule has 2 heterocycles. The molecule has 2 saturated heterocycles. The maximum absolute atomic E-state index is 12.4. The molecule has 0 aromatic carbocycles. The first-order chi connectivity index (χ1) is 9.48. The highest BCUT2D eigenvalue weighted by Crippen LogP contribution is 2.35. The summed E-state index contributed by atoms with van der Waals surface area (Å²) in [6.07, 6.45) is 1.79. The van der Waals surface area contributed by atoms with Gasteiger partial charge in [-0.15, -0.1) is 0 Å². The Morgan fingerprint density at radius 2 is 1.90 bits per heavy atom. The lowest BCUT2D eigenvalue weighted by Crippen LogP contribution is -2.54. The predicted molar refractivity (Wildman–Crippen MR) is 73.5 cm³/mol. The number of carbonyl (C=O) groups is 2. The predicted octanol–water partition coefficient (Wildman–Crippen LogP) is 1.40. The summed E-state index contributed by atoms with van der Waals surface area (Å²) in [5.74, 6) is -0.730. The second-order valence-corrected chi connectivity index (χ2v) is 5.84. The maximum Gasteiger partial charge on any atom is 0.320 e. The van der Waals surface area contributed by atoms with Gasteiger partial charge in [-0.3, -0.25) is 4.79 Å². The summed E-state index contributed by atoms with van der Waals surface area (Å²) < 4.78 is 5.44. The van der Waals surface area contributed by atoms with Crippen LogP contribution in [0.1, 0.15) is 33.1 Å². The third-order valence-corrected chi connectivity index (χ3v) is 4.63. The van der Waals surface area contributed by atoms with Crippen LogP contribution < -0.4 is 0 Å². The van der Waals surface area contributed by atoms with Gasteiger partial charge in [0, 0.05) is 26.2 Å². The summed E-state index contributed by atoms with van der Waals surface area (Å²) >= 11 is 0. The number of aliphatic carboxylic acids is 1. The Labute approximate surface area is 119 Å². The third-order valence-electron chi connectivity index (χ3n) is 4.63. The molecular formula is C14H24N2O4. The molecule has 0 aliphatic carbocycles. The lowest BCUT2D eigenvalue weighted by Gasteiger charge is -2.41. The first-order valence-corrected chi connectivity index (χ1v) is 7.37. The number of urea groups is 1. The molecule has 1 atom stereocenters. The zero-order chi connectivity index (χ0) is 14.8. The molecule has 6 heteroatoms. The fraction of sp³-hybridized carbons (Fsp3) is 0.857. The van der Waals surface area contributed by atoms with Crippen molar-refractivity contribution in [3.05, 3.63) is 0 Å². The Balaban J connectivity index is 1.93. The highest BCUT2D eigenvalue weighted by atomic mass is 16.5. The van der Waals surface area contributed by atoms with E-state index in [1.807, 2.05) is 18.7 Å². The van der Waals surface area contributed by atoms with Crippen molar-refractivity contribution in [3.8, 4) is 0 Å². The molecule has 1 unspecified atom stereocenters. The SMILES string of the molecule is CCC1(C(=O)O)CCN(C(=O)N2CCOC(C)C2)CC1. The van der Waals surface area contributed by atoms with E-state index in [9.17, 15) is 14.7 Å². The number of carbonyl (C=O) groups excluding carboxylic acids is 1. The van der Waals surface area contributed by atoms with Crippen molar-refractivity contribution in [1.29, 1.82) is 0 Å². The zero-order valence-electron chi connectivity index (χ0n) is 12.3. The topological polar surface area (TPSA) is 70.1 Å². The largest absolute Gasteiger partial charge is 0.481 e. The second-order valence-electron chi connectivity index (χ2n) is 5.84. The van der Waals surface area contributed by atoms with Gasteiger partial charge in [-0.05, 0) is 26.2 Å². The van der Waals surface area contributed by atoms with Crippen molar-refractivity contribution in [1.82, 2.24) is 9.80 Å². The number of carboxylic acid groups (broad SMARTS) is 1. The summed E-state index contributed by atoms with van der Waals surface area (Å²) in [6.45, 7) is 6.76. The lowest BCUT2D eigenvalue weighted by molar-refractivity contribution is -0.152. The Kier molecular flexibility index (Phi) is 4.52. The Bertz CT molecular complexity index is 377. The van der Waals surface area contributed by atoms with Gasteiger partial charge in [0.15, 0.2) is 0 Å². The first-order valence-electron chi connectivity index (χ1n) is 7.37. The summed E-state index contributed by atoms with van der Waals surface area (Å²) in [4.78, 5) is 27.4. The fourth-order valence-corrected chi connectivity index (χ4v) is 3.04. The number of carboxylic acids is 1. The minimum Gasteiger partial charge on any atom is -0.481 e. The van der Waals surface area contributed by atoms with E-state index in [0.717, 1.165) is 0 Å². The van der Waals surface area contributed by atoms with E-state index in [1.165, 1.54) is 0 Å². The summed E-state index contributed by atoms with van der Waals surface area (Å²) in [6, 6.07) is 0.0234. The van der Waals surface area contributed by atoms with E-state index in [-0.39, 0.29) is 12.1 Å². The molecule has 2 aliphatic rings. The van der Waals surface area contributed by atoms with Crippen LogP contribution in [0.4, 0.5) is 4.79 Å². The molecule has 1 N–H and O–H groups in total. The average molecular weight is 284 g/mol. The minimum absolute atomic E-state index is 0.0234. The van der Waals surface area contributed by atoms with Gasteiger partial charge in [-0.2, -0.15) is 0 Å². The number of amides is 2. The molecular weight excluding hydrogens is 260 g/mol. The van der Waals surface area contributed by atoms with Gasteiger partial charge in [0.2, 0.25) is 0 Å². The van der Waals surface area contributed by atoms with Crippen LogP contribution in [-0.4, -0.2) is 65.8 Å². The normalized spacial score (nSPS) is 26.4. The molecule has 0 radical (unpaired) electrons. The maximum atomic E-state index is 12.4. The van der Waals surface area contributed by atoms with E-state index in [0.29, 0.717) is 52.0 Å². The molecule has 2 aliphatic heterocycles. The van der Waals surface area contributed by atoms with Gasteiger partial charge in [0.05, 0.1) is 18.1 Å². The molecule has 2 amide bonds. The number of likely N-dealkylation sites (tertiary alicyclic amines) is 1. The summed E-state index contributed by atoms with van der Waals surface area (Å²) in [7, 11) is 0. The molecule has 20 heavy (non-hydrogen) atoms. The molecule has 0 saturated carbocycles. The van der Waals surface area contributed by atoms with Crippen LogP contribution in [-0.2, 0) is 9.53 Å². The Morgan fingerprint density at radius 1 is 1.25 bits per heavy atom. The van der Waals surface area contributed by atoms with E-state index in [2.05, 4.69) is 0 Å². The van der Waals surface area contributed by atoms with Gasteiger partial charge in [-0.1, -0.05) is 6.92 Å². The monoisotopic (exact) mass is 284 g/mol. The van der Waals surface area contributed by atoms with Crippen molar-refractivity contribution < 1.29 is 19.4 Å². The molecule has 0 aromatic rings. The van der Waals surface area contributed by atoms with Gasteiger partial charge < -0.3 is 19.6 Å². The van der Waals surface area contributed by atoms with Crippen molar-refractivity contribution in [2.75, 3.05) is 32.8 Å². The second kappa shape index (κ2) is 5.99. The number of morpholine rings is 1. The number of ether oxygens (including phenoxy) is 1. The highest BCUT2D eigenvalue weighted by Gasteiger charge is 2.41. The van der Waals surface area contributed by atoms with E-state index in [1.54, 1.807) is 4.90 Å². The van der Waals surface area contributed by atoms with Gasteiger partial charge in [0.1, 0.15) is 0 Å². The molecule has 6 nitrogen and oxygen atoms in total. The Morgan fingerprint density at radius 3 is 2.40 bits per heavy atom. The number of hydrogen-bond acceptors (Lipinski definition) is 3. The van der Waals surface area contributed by atoms with Crippen LogP contribution in [0.15, 0.2) is 0 Å². The lowest BCUT2D eigenvalue weighted by atomic mass is 9.76. The molecule has 0 bridgehead atoms. The van der Waals surface area contributed by atoms with Gasteiger partial charge >= 0.3 is 12.0 Å². The minimum atomic E-state index is -0.730. The van der Waals surface area contributed by atoms with E-state index in [4.69, 9.17) is 4.74 Å². The average Bonchev–Trinajstić information content (AvgIpc) is 2.46.